The molecule has 4 nitrogen and oxygen atoms in total. The topological polar surface area (TPSA) is 66.8 Å². The molecule has 0 amide bonds. The van der Waals surface area contributed by atoms with Crippen molar-refractivity contribution in [3.05, 3.63) is 33.3 Å². The third-order valence-corrected chi connectivity index (χ3v) is 3.15. The summed E-state index contributed by atoms with van der Waals surface area (Å²) in [5.74, 6) is -1.14. The van der Waals surface area contributed by atoms with Crippen molar-refractivity contribution in [2.24, 2.45) is 0 Å². The van der Waals surface area contributed by atoms with E-state index in [2.05, 4.69) is 4.74 Å². The highest BCUT2D eigenvalue weighted by Crippen LogP contribution is 2.39. The van der Waals surface area contributed by atoms with Gasteiger partial charge in [-0.1, -0.05) is 23.2 Å². The van der Waals surface area contributed by atoms with Gasteiger partial charge in [0.15, 0.2) is 6.10 Å². The molecule has 1 rings (SSSR count). The molecule has 2 unspecified atom stereocenters. The van der Waals surface area contributed by atoms with Crippen LogP contribution in [0.15, 0.2) is 12.1 Å². The van der Waals surface area contributed by atoms with Gasteiger partial charge in [-0.05, 0) is 19.1 Å². The van der Waals surface area contributed by atoms with Crippen molar-refractivity contribution in [1.29, 1.82) is 0 Å². The molecule has 0 radical (unpaired) electrons. The van der Waals surface area contributed by atoms with Crippen LogP contribution in [0.3, 0.4) is 0 Å². The lowest BCUT2D eigenvalue weighted by Crippen LogP contribution is -2.30. The molecule has 0 bridgehead atoms. The monoisotopic (exact) mass is 346 g/mol. The van der Waals surface area contributed by atoms with E-state index >= 15 is 0 Å². The molecule has 0 fully saturated rings. The maximum atomic E-state index is 12.6. The molecule has 1 aromatic rings. The fraction of sp³-hybridized carbons (Fsp3) is 0.417. The SMILES string of the molecule is CCOC(=O)C(O)C(O)c1c(Cl)cc(C(F)(F)F)cc1Cl. The Hall–Kier alpha value is -1.02. The number of aliphatic hydroxyl groups excluding tert-OH is 2. The summed E-state index contributed by atoms with van der Waals surface area (Å²) < 4.78 is 42.2. The number of hydrogen-bond acceptors (Lipinski definition) is 4. The maximum Gasteiger partial charge on any atom is 0.416 e. The highest BCUT2D eigenvalue weighted by atomic mass is 35.5. The van der Waals surface area contributed by atoms with E-state index in [1.54, 1.807) is 0 Å². The normalized spacial score (nSPS) is 14.7. The number of carbonyl (C=O) groups is 1. The van der Waals surface area contributed by atoms with Crippen molar-refractivity contribution in [3.8, 4) is 0 Å². The van der Waals surface area contributed by atoms with Gasteiger partial charge in [0, 0.05) is 15.6 Å². The molecule has 0 saturated carbocycles. The highest BCUT2D eigenvalue weighted by Gasteiger charge is 2.35. The molecule has 0 aliphatic rings. The number of ether oxygens (including phenoxy) is 1. The summed E-state index contributed by atoms with van der Waals surface area (Å²) in [7, 11) is 0. The molecule has 0 saturated heterocycles. The van der Waals surface area contributed by atoms with Gasteiger partial charge in [-0.25, -0.2) is 4.79 Å². The van der Waals surface area contributed by atoms with Gasteiger partial charge >= 0.3 is 12.1 Å². The Morgan fingerprint density at radius 1 is 1.29 bits per heavy atom. The first kappa shape index (κ1) is 18.0. The van der Waals surface area contributed by atoms with Gasteiger partial charge in [0.1, 0.15) is 6.10 Å². The van der Waals surface area contributed by atoms with Crippen molar-refractivity contribution in [1.82, 2.24) is 0 Å². The lowest BCUT2D eigenvalue weighted by atomic mass is 10.0. The lowest BCUT2D eigenvalue weighted by Gasteiger charge is -2.20. The van der Waals surface area contributed by atoms with E-state index in [1.165, 1.54) is 6.92 Å². The molecule has 1 aromatic carbocycles. The minimum Gasteiger partial charge on any atom is -0.464 e. The summed E-state index contributed by atoms with van der Waals surface area (Å²) in [6, 6.07) is 1.09. The Bertz CT molecular complexity index is 511. The Morgan fingerprint density at radius 2 is 1.76 bits per heavy atom. The zero-order valence-corrected chi connectivity index (χ0v) is 12.1. The molecule has 0 aliphatic carbocycles. The second-order valence-electron chi connectivity index (χ2n) is 3.99. The van der Waals surface area contributed by atoms with Crippen LogP contribution in [0.2, 0.25) is 10.0 Å². The first-order chi connectivity index (χ1) is 9.59. The quantitative estimate of drug-likeness (QED) is 0.822. The molecular weight excluding hydrogens is 336 g/mol. The van der Waals surface area contributed by atoms with Gasteiger partial charge in [-0.15, -0.1) is 0 Å². The summed E-state index contributed by atoms with van der Waals surface area (Å²) in [5, 5.41) is 18.4. The molecule has 0 heterocycles. The van der Waals surface area contributed by atoms with Crippen LogP contribution in [0.4, 0.5) is 13.2 Å². The number of carbonyl (C=O) groups excluding carboxylic acids is 1. The average molecular weight is 347 g/mol. The second kappa shape index (κ2) is 6.83. The Kier molecular flexibility index (Phi) is 5.86. The minimum atomic E-state index is -4.67. The first-order valence-electron chi connectivity index (χ1n) is 5.68. The lowest BCUT2D eigenvalue weighted by molar-refractivity contribution is -0.159. The number of rotatable bonds is 4. The van der Waals surface area contributed by atoms with Crippen LogP contribution in [-0.2, 0) is 15.7 Å². The molecule has 2 atom stereocenters. The van der Waals surface area contributed by atoms with Crippen LogP contribution >= 0.6 is 23.2 Å². The van der Waals surface area contributed by atoms with Gasteiger partial charge in [-0.3, -0.25) is 0 Å². The molecule has 118 valence electrons. The maximum absolute atomic E-state index is 12.6. The number of esters is 1. The van der Waals surface area contributed by atoms with Crippen LogP contribution < -0.4 is 0 Å². The van der Waals surface area contributed by atoms with E-state index in [1.807, 2.05) is 0 Å². The van der Waals surface area contributed by atoms with E-state index in [9.17, 15) is 28.2 Å². The van der Waals surface area contributed by atoms with E-state index in [4.69, 9.17) is 23.2 Å². The predicted octanol–water partition coefficient (Wildman–Crippen LogP) is 2.97. The molecule has 0 aromatic heterocycles. The zero-order valence-electron chi connectivity index (χ0n) is 10.6. The number of halogens is 5. The number of aliphatic hydroxyl groups is 2. The molecule has 0 spiro atoms. The van der Waals surface area contributed by atoms with Crippen molar-refractivity contribution >= 4 is 29.2 Å². The van der Waals surface area contributed by atoms with Gasteiger partial charge in [0.25, 0.3) is 0 Å². The van der Waals surface area contributed by atoms with Crippen molar-refractivity contribution in [3.63, 3.8) is 0 Å². The van der Waals surface area contributed by atoms with Gasteiger partial charge in [0.05, 0.1) is 12.2 Å². The fourth-order valence-electron chi connectivity index (χ4n) is 1.54. The molecule has 21 heavy (non-hydrogen) atoms. The summed E-state index contributed by atoms with van der Waals surface area (Å²) in [6.07, 6.45) is -8.60. The van der Waals surface area contributed by atoms with Crippen LogP contribution in [0, 0.1) is 0 Å². The molecule has 2 N–H and O–H groups in total. The van der Waals surface area contributed by atoms with E-state index in [0.29, 0.717) is 12.1 Å². The summed E-state index contributed by atoms with van der Waals surface area (Å²) in [5.41, 5.74) is -1.49. The van der Waals surface area contributed by atoms with Gasteiger partial charge in [0.2, 0.25) is 0 Å². The van der Waals surface area contributed by atoms with Gasteiger partial charge < -0.3 is 14.9 Å². The average Bonchev–Trinajstić information content (AvgIpc) is 2.35. The standard InChI is InChI=1S/C12H11Cl2F3O4/c1-2-21-11(20)10(19)9(18)8-6(13)3-5(4-7(8)14)12(15,16)17/h3-4,9-10,18-19H,2H2,1H3. The fourth-order valence-corrected chi connectivity index (χ4v) is 2.26. The van der Waals surface area contributed by atoms with Crippen LogP contribution in [0.25, 0.3) is 0 Å². The molecule has 0 aliphatic heterocycles. The number of hydrogen-bond donors (Lipinski definition) is 2. The van der Waals surface area contributed by atoms with Crippen LogP contribution in [-0.4, -0.2) is 28.9 Å². The molecule has 9 heteroatoms. The van der Waals surface area contributed by atoms with Crippen LogP contribution in [0.5, 0.6) is 0 Å². The Morgan fingerprint density at radius 3 is 2.14 bits per heavy atom. The summed E-state index contributed by atoms with van der Waals surface area (Å²) in [6.45, 7) is 1.44. The second-order valence-corrected chi connectivity index (χ2v) is 4.81. The first-order valence-corrected chi connectivity index (χ1v) is 6.44. The van der Waals surface area contributed by atoms with Crippen molar-refractivity contribution in [2.75, 3.05) is 6.61 Å². The van der Waals surface area contributed by atoms with E-state index in [-0.39, 0.29) is 12.2 Å². The third-order valence-electron chi connectivity index (χ3n) is 2.53. The summed E-state index contributed by atoms with van der Waals surface area (Å²) in [4.78, 5) is 11.3. The third kappa shape index (κ3) is 4.23. The molecular formula is C12H11Cl2F3O4. The minimum absolute atomic E-state index is 0.0446. The van der Waals surface area contributed by atoms with Gasteiger partial charge in [-0.2, -0.15) is 13.2 Å². The highest BCUT2D eigenvalue weighted by molar-refractivity contribution is 6.36. The number of benzene rings is 1. The van der Waals surface area contributed by atoms with Crippen molar-refractivity contribution in [2.45, 2.75) is 25.3 Å². The number of alkyl halides is 3. The largest absolute Gasteiger partial charge is 0.464 e. The van der Waals surface area contributed by atoms with Crippen molar-refractivity contribution < 1.29 is 32.9 Å². The smallest absolute Gasteiger partial charge is 0.416 e. The Labute approximate surface area is 128 Å². The predicted molar refractivity (Wildman–Crippen MR) is 69.1 cm³/mol. The Balaban J connectivity index is 3.17. The van der Waals surface area contributed by atoms with E-state index < -0.39 is 40.0 Å². The van der Waals surface area contributed by atoms with Crippen LogP contribution in [0.1, 0.15) is 24.2 Å². The zero-order chi connectivity index (χ0) is 16.4. The summed E-state index contributed by atoms with van der Waals surface area (Å²) >= 11 is 11.3. The van der Waals surface area contributed by atoms with E-state index in [0.717, 1.165) is 0 Å².